The number of aliphatic hydroxyl groups excluding tert-OH is 1. The van der Waals surface area contributed by atoms with E-state index in [0.717, 1.165) is 30.6 Å². The normalized spacial score (nSPS) is 22.9. The Kier molecular flexibility index (Phi) is 3.28. The molecule has 0 atom stereocenters. The van der Waals surface area contributed by atoms with E-state index in [-0.39, 0.29) is 11.8 Å². The van der Waals surface area contributed by atoms with Crippen LogP contribution in [0, 0.1) is 23.0 Å². The molecule has 1 aromatic rings. The average Bonchev–Trinajstić information content (AvgIpc) is 2.24. The van der Waals surface area contributed by atoms with Gasteiger partial charge in [-0.15, -0.1) is 0 Å². The third kappa shape index (κ3) is 2.74. The van der Waals surface area contributed by atoms with Crippen LogP contribution in [-0.2, 0) is 0 Å². The van der Waals surface area contributed by atoms with Crippen LogP contribution in [0.2, 0.25) is 0 Å². The van der Waals surface area contributed by atoms with E-state index in [2.05, 4.69) is 5.32 Å². The van der Waals surface area contributed by atoms with Crippen molar-refractivity contribution in [3.8, 4) is 0 Å². The number of aliphatic hydroxyl groups is 1. The molecule has 0 amide bonds. The molecule has 0 unspecified atom stereocenters. The van der Waals surface area contributed by atoms with Crippen molar-refractivity contribution in [2.75, 3.05) is 11.9 Å². The monoisotopic (exact) mass is 236 g/mol. The third-order valence-electron chi connectivity index (χ3n) is 3.22. The first-order chi connectivity index (χ1) is 8.06. The van der Waals surface area contributed by atoms with Crippen molar-refractivity contribution < 1.29 is 10.0 Å². The van der Waals surface area contributed by atoms with Crippen LogP contribution in [-0.4, -0.2) is 22.7 Å². The molecule has 1 aromatic carbocycles. The molecule has 1 fully saturated rings. The van der Waals surface area contributed by atoms with Crippen molar-refractivity contribution in [2.24, 2.45) is 5.92 Å². The number of anilines is 1. The Morgan fingerprint density at radius 1 is 1.53 bits per heavy atom. The van der Waals surface area contributed by atoms with E-state index in [1.54, 1.807) is 12.1 Å². The largest absolute Gasteiger partial charge is 0.393 e. The molecule has 0 aromatic heterocycles. The van der Waals surface area contributed by atoms with Gasteiger partial charge in [0.15, 0.2) is 0 Å². The number of nitrogens with zero attached hydrogens (tertiary/aromatic N) is 1. The zero-order valence-electron chi connectivity index (χ0n) is 9.72. The minimum atomic E-state index is -0.391. The fourth-order valence-electron chi connectivity index (χ4n) is 2.04. The molecule has 0 spiro atoms. The Morgan fingerprint density at radius 2 is 2.24 bits per heavy atom. The van der Waals surface area contributed by atoms with Gasteiger partial charge in [0.05, 0.1) is 11.0 Å². The molecule has 0 heterocycles. The van der Waals surface area contributed by atoms with E-state index in [0.29, 0.717) is 5.92 Å². The Hall–Kier alpha value is -1.62. The summed E-state index contributed by atoms with van der Waals surface area (Å²) in [5.41, 5.74) is 1.91. The van der Waals surface area contributed by atoms with Gasteiger partial charge in [0.2, 0.25) is 0 Å². The molecule has 0 radical (unpaired) electrons. The zero-order valence-corrected chi connectivity index (χ0v) is 9.72. The van der Waals surface area contributed by atoms with Crippen LogP contribution in [0.5, 0.6) is 0 Å². The number of hydrogen-bond donors (Lipinski definition) is 2. The fraction of sp³-hybridized carbons (Fsp3) is 0.500. The van der Waals surface area contributed by atoms with Gasteiger partial charge in [0.1, 0.15) is 0 Å². The maximum atomic E-state index is 10.7. The molecule has 5 nitrogen and oxygen atoms in total. The van der Waals surface area contributed by atoms with Crippen LogP contribution in [0.4, 0.5) is 11.4 Å². The summed E-state index contributed by atoms with van der Waals surface area (Å²) in [6.07, 6.45) is 1.48. The molecule has 0 bridgehead atoms. The maximum absolute atomic E-state index is 10.7. The Morgan fingerprint density at radius 3 is 2.82 bits per heavy atom. The predicted octanol–water partition coefficient (Wildman–Crippen LogP) is 2.09. The van der Waals surface area contributed by atoms with Gasteiger partial charge in [-0.2, -0.15) is 0 Å². The maximum Gasteiger partial charge on any atom is 0.271 e. The van der Waals surface area contributed by atoms with Gasteiger partial charge in [-0.05, 0) is 31.2 Å². The SMILES string of the molecule is Cc1ccc([N+](=O)[O-])cc1NCC1CC(O)C1. The summed E-state index contributed by atoms with van der Waals surface area (Å²) in [6, 6.07) is 4.81. The number of aryl methyl sites for hydroxylation is 1. The van der Waals surface area contributed by atoms with E-state index in [9.17, 15) is 10.1 Å². The van der Waals surface area contributed by atoms with Crippen LogP contribution in [0.3, 0.4) is 0 Å². The summed E-state index contributed by atoms with van der Waals surface area (Å²) in [6.45, 7) is 2.68. The van der Waals surface area contributed by atoms with Gasteiger partial charge in [0, 0.05) is 24.4 Å². The molecule has 92 valence electrons. The molecule has 0 aliphatic heterocycles. The van der Waals surface area contributed by atoms with Crippen LogP contribution in [0.1, 0.15) is 18.4 Å². The lowest BCUT2D eigenvalue weighted by Crippen LogP contribution is -2.33. The van der Waals surface area contributed by atoms with Crippen LogP contribution in [0.15, 0.2) is 18.2 Å². The lowest BCUT2D eigenvalue weighted by Gasteiger charge is -2.31. The summed E-state index contributed by atoms with van der Waals surface area (Å²) in [7, 11) is 0. The summed E-state index contributed by atoms with van der Waals surface area (Å²) >= 11 is 0. The number of nitro groups is 1. The summed E-state index contributed by atoms with van der Waals surface area (Å²) < 4.78 is 0. The van der Waals surface area contributed by atoms with Crippen molar-refractivity contribution in [1.29, 1.82) is 0 Å². The minimum absolute atomic E-state index is 0.103. The van der Waals surface area contributed by atoms with Crippen molar-refractivity contribution in [3.05, 3.63) is 33.9 Å². The minimum Gasteiger partial charge on any atom is -0.393 e. The first-order valence-corrected chi connectivity index (χ1v) is 5.73. The molecule has 2 N–H and O–H groups in total. The van der Waals surface area contributed by atoms with Crippen LogP contribution >= 0.6 is 0 Å². The Bertz CT molecular complexity index is 428. The number of nitro benzene ring substituents is 1. The van der Waals surface area contributed by atoms with Crippen molar-refractivity contribution >= 4 is 11.4 Å². The lowest BCUT2D eigenvalue weighted by atomic mass is 9.82. The molecular weight excluding hydrogens is 220 g/mol. The van der Waals surface area contributed by atoms with Gasteiger partial charge < -0.3 is 10.4 Å². The molecule has 5 heteroatoms. The standard InChI is InChI=1S/C12H16N2O3/c1-8-2-3-10(14(16)17)6-12(8)13-7-9-4-11(15)5-9/h2-3,6,9,11,13,15H,4-5,7H2,1H3. The Balaban J connectivity index is 1.99. The second-order valence-electron chi connectivity index (χ2n) is 4.63. The zero-order chi connectivity index (χ0) is 12.4. The molecule has 1 saturated carbocycles. The Labute approximate surface area is 99.6 Å². The summed E-state index contributed by atoms with van der Waals surface area (Å²) in [5.74, 6) is 0.476. The first kappa shape index (κ1) is 11.9. The number of hydrogen-bond acceptors (Lipinski definition) is 4. The van der Waals surface area contributed by atoms with E-state index < -0.39 is 4.92 Å². The quantitative estimate of drug-likeness (QED) is 0.620. The third-order valence-corrected chi connectivity index (χ3v) is 3.22. The topological polar surface area (TPSA) is 75.4 Å². The van der Waals surface area contributed by atoms with Crippen molar-refractivity contribution in [2.45, 2.75) is 25.9 Å². The average molecular weight is 236 g/mol. The lowest BCUT2D eigenvalue weighted by molar-refractivity contribution is -0.384. The van der Waals surface area contributed by atoms with E-state index in [1.807, 2.05) is 6.92 Å². The summed E-state index contributed by atoms with van der Waals surface area (Å²) in [4.78, 5) is 10.3. The molecule has 1 aliphatic carbocycles. The highest BCUT2D eigenvalue weighted by atomic mass is 16.6. The highest BCUT2D eigenvalue weighted by Gasteiger charge is 2.26. The van der Waals surface area contributed by atoms with Crippen molar-refractivity contribution in [3.63, 3.8) is 0 Å². The van der Waals surface area contributed by atoms with E-state index in [1.165, 1.54) is 6.07 Å². The van der Waals surface area contributed by atoms with Gasteiger partial charge in [-0.25, -0.2) is 0 Å². The van der Waals surface area contributed by atoms with Gasteiger partial charge >= 0.3 is 0 Å². The number of non-ortho nitro benzene ring substituents is 1. The number of benzene rings is 1. The highest BCUT2D eigenvalue weighted by molar-refractivity contribution is 5.56. The molecule has 1 aliphatic rings. The summed E-state index contributed by atoms with van der Waals surface area (Å²) in [5, 5.41) is 23.0. The molecule has 0 saturated heterocycles. The predicted molar refractivity (Wildman–Crippen MR) is 65.1 cm³/mol. The molecule has 17 heavy (non-hydrogen) atoms. The fourth-order valence-corrected chi connectivity index (χ4v) is 2.04. The number of rotatable bonds is 4. The highest BCUT2D eigenvalue weighted by Crippen LogP contribution is 2.28. The second-order valence-corrected chi connectivity index (χ2v) is 4.63. The molecular formula is C12H16N2O3. The smallest absolute Gasteiger partial charge is 0.271 e. The van der Waals surface area contributed by atoms with E-state index in [4.69, 9.17) is 5.11 Å². The van der Waals surface area contributed by atoms with Crippen molar-refractivity contribution in [1.82, 2.24) is 0 Å². The van der Waals surface area contributed by atoms with Crippen LogP contribution in [0.25, 0.3) is 0 Å². The molecule has 2 rings (SSSR count). The second kappa shape index (κ2) is 4.71. The van der Waals surface area contributed by atoms with Gasteiger partial charge in [-0.1, -0.05) is 6.07 Å². The van der Waals surface area contributed by atoms with Crippen LogP contribution < -0.4 is 5.32 Å². The van der Waals surface area contributed by atoms with Gasteiger partial charge in [0.25, 0.3) is 5.69 Å². The van der Waals surface area contributed by atoms with Gasteiger partial charge in [-0.3, -0.25) is 10.1 Å². The first-order valence-electron chi connectivity index (χ1n) is 5.73. The number of nitrogens with one attached hydrogen (secondary N) is 1. The van der Waals surface area contributed by atoms with E-state index >= 15 is 0 Å².